The molecule has 2 aromatic rings. The van der Waals surface area contributed by atoms with Gasteiger partial charge in [-0.15, -0.1) is 6.58 Å². The van der Waals surface area contributed by atoms with Crippen LogP contribution in [0.25, 0.3) is 0 Å². The van der Waals surface area contributed by atoms with Crippen molar-refractivity contribution in [3.63, 3.8) is 0 Å². The SMILES string of the molecule is C=CCN1CC(C)(CN2CCN(c3ccccc3OC)CC2)N=C1c1cccnc1. The molecular formula is C24H31N5O. The Bertz CT molecular complexity index is 891. The number of benzene rings is 1. The van der Waals surface area contributed by atoms with Gasteiger partial charge in [0.1, 0.15) is 11.6 Å². The smallest absolute Gasteiger partial charge is 0.142 e. The highest BCUT2D eigenvalue weighted by molar-refractivity contribution is 6.00. The highest BCUT2D eigenvalue weighted by Gasteiger charge is 2.37. The predicted molar refractivity (Wildman–Crippen MR) is 123 cm³/mol. The van der Waals surface area contributed by atoms with Gasteiger partial charge in [-0.1, -0.05) is 18.2 Å². The van der Waals surface area contributed by atoms with Crippen molar-refractivity contribution in [3.05, 3.63) is 67.0 Å². The lowest BCUT2D eigenvalue weighted by Gasteiger charge is -2.39. The van der Waals surface area contributed by atoms with Gasteiger partial charge in [-0.2, -0.15) is 0 Å². The molecule has 0 bridgehead atoms. The van der Waals surface area contributed by atoms with Gasteiger partial charge in [0.05, 0.1) is 18.3 Å². The number of hydrogen-bond acceptors (Lipinski definition) is 6. The second kappa shape index (κ2) is 8.88. The van der Waals surface area contributed by atoms with E-state index in [1.165, 1.54) is 5.69 Å². The van der Waals surface area contributed by atoms with Crippen molar-refractivity contribution in [1.29, 1.82) is 0 Å². The second-order valence-corrected chi connectivity index (χ2v) is 8.28. The van der Waals surface area contributed by atoms with Gasteiger partial charge in [-0.3, -0.25) is 14.9 Å². The third-order valence-electron chi connectivity index (χ3n) is 5.84. The molecule has 1 aromatic heterocycles. The maximum absolute atomic E-state index is 5.55. The van der Waals surface area contributed by atoms with Crippen LogP contribution in [0.15, 0.2) is 66.4 Å². The molecule has 0 aliphatic carbocycles. The van der Waals surface area contributed by atoms with Crippen LogP contribution in [0.5, 0.6) is 5.75 Å². The first-order valence-corrected chi connectivity index (χ1v) is 10.6. The molecule has 0 radical (unpaired) electrons. The summed E-state index contributed by atoms with van der Waals surface area (Å²) >= 11 is 0. The average Bonchev–Trinajstić information content (AvgIpc) is 3.11. The number of piperazine rings is 1. The Labute approximate surface area is 179 Å². The van der Waals surface area contributed by atoms with Crippen LogP contribution in [0.3, 0.4) is 0 Å². The molecule has 2 aliphatic rings. The Kier molecular flexibility index (Phi) is 6.04. The Morgan fingerprint density at radius 2 is 1.93 bits per heavy atom. The van der Waals surface area contributed by atoms with E-state index in [1.807, 2.05) is 30.5 Å². The van der Waals surface area contributed by atoms with Crippen LogP contribution in [0.1, 0.15) is 12.5 Å². The lowest BCUT2D eigenvalue weighted by Crippen LogP contribution is -2.52. The molecule has 6 nitrogen and oxygen atoms in total. The number of ether oxygens (including phenoxy) is 1. The Hall–Kier alpha value is -2.86. The zero-order chi connectivity index (χ0) is 21.0. The topological polar surface area (TPSA) is 44.2 Å². The van der Waals surface area contributed by atoms with Gasteiger partial charge in [0, 0.05) is 63.8 Å². The molecule has 30 heavy (non-hydrogen) atoms. The van der Waals surface area contributed by atoms with Crippen molar-refractivity contribution in [3.8, 4) is 5.75 Å². The van der Waals surface area contributed by atoms with Crippen LogP contribution >= 0.6 is 0 Å². The summed E-state index contributed by atoms with van der Waals surface area (Å²) in [5.41, 5.74) is 2.12. The van der Waals surface area contributed by atoms with E-state index >= 15 is 0 Å². The van der Waals surface area contributed by atoms with Crippen LogP contribution in [-0.2, 0) is 0 Å². The molecule has 3 heterocycles. The Morgan fingerprint density at radius 3 is 2.63 bits per heavy atom. The summed E-state index contributed by atoms with van der Waals surface area (Å²) in [5, 5.41) is 0. The number of rotatable bonds is 7. The van der Waals surface area contributed by atoms with Gasteiger partial charge < -0.3 is 14.5 Å². The molecule has 0 amide bonds. The van der Waals surface area contributed by atoms with Crippen molar-refractivity contribution in [2.24, 2.45) is 4.99 Å². The molecule has 1 atom stereocenters. The summed E-state index contributed by atoms with van der Waals surface area (Å²) in [7, 11) is 1.74. The molecule has 1 saturated heterocycles. The number of hydrogen-bond donors (Lipinski definition) is 0. The van der Waals surface area contributed by atoms with E-state index in [2.05, 4.69) is 51.4 Å². The molecule has 0 N–H and O–H groups in total. The molecular weight excluding hydrogens is 374 g/mol. The zero-order valence-corrected chi connectivity index (χ0v) is 18.0. The quantitative estimate of drug-likeness (QED) is 0.663. The fraction of sp³-hybridized carbons (Fsp3) is 0.417. The van der Waals surface area contributed by atoms with E-state index in [4.69, 9.17) is 9.73 Å². The van der Waals surface area contributed by atoms with E-state index in [1.54, 1.807) is 13.3 Å². The average molecular weight is 406 g/mol. The summed E-state index contributed by atoms with van der Waals surface area (Å²) in [6.07, 6.45) is 5.65. The summed E-state index contributed by atoms with van der Waals surface area (Å²) < 4.78 is 5.55. The van der Waals surface area contributed by atoms with Crippen molar-refractivity contribution >= 4 is 11.5 Å². The third-order valence-corrected chi connectivity index (χ3v) is 5.84. The lowest BCUT2D eigenvalue weighted by atomic mass is 10.0. The fourth-order valence-corrected chi connectivity index (χ4v) is 4.50. The number of nitrogens with zero attached hydrogens (tertiary/aromatic N) is 5. The Morgan fingerprint density at radius 1 is 1.13 bits per heavy atom. The monoisotopic (exact) mass is 405 g/mol. The molecule has 1 unspecified atom stereocenters. The lowest BCUT2D eigenvalue weighted by molar-refractivity contribution is 0.200. The molecule has 2 aliphatic heterocycles. The highest BCUT2D eigenvalue weighted by atomic mass is 16.5. The number of amidine groups is 1. The standard InChI is InChI=1S/C24H31N5O/c1-4-12-29-19-24(2,26-23(29)20-8-7-11-25-17-20)18-27-13-15-28(16-14-27)21-9-5-6-10-22(21)30-3/h4-11,17H,1,12-16,18-19H2,2-3H3. The summed E-state index contributed by atoms with van der Waals surface area (Å²) in [5.74, 6) is 1.97. The van der Waals surface area contributed by atoms with Crippen molar-refractivity contribution in [1.82, 2.24) is 14.8 Å². The minimum absolute atomic E-state index is 0.138. The number of anilines is 1. The van der Waals surface area contributed by atoms with E-state index in [0.717, 1.165) is 63.0 Å². The number of methoxy groups -OCH3 is 1. The molecule has 4 rings (SSSR count). The third kappa shape index (κ3) is 4.33. The van der Waals surface area contributed by atoms with E-state index < -0.39 is 0 Å². The first-order valence-electron chi connectivity index (χ1n) is 10.6. The van der Waals surface area contributed by atoms with Crippen LogP contribution in [0.2, 0.25) is 0 Å². The van der Waals surface area contributed by atoms with Crippen LogP contribution in [0.4, 0.5) is 5.69 Å². The van der Waals surface area contributed by atoms with Crippen molar-refractivity contribution in [2.75, 3.05) is 57.8 Å². The van der Waals surface area contributed by atoms with Crippen LogP contribution in [0, 0.1) is 0 Å². The Balaban J connectivity index is 1.43. The summed E-state index contributed by atoms with van der Waals surface area (Å²) in [6.45, 7) is 12.9. The van der Waals surface area contributed by atoms with Crippen molar-refractivity contribution < 1.29 is 4.74 Å². The van der Waals surface area contributed by atoms with Crippen LogP contribution < -0.4 is 9.64 Å². The number of para-hydroxylation sites is 2. The zero-order valence-electron chi connectivity index (χ0n) is 18.0. The molecule has 0 saturated carbocycles. The molecule has 1 fully saturated rings. The maximum atomic E-state index is 5.55. The minimum Gasteiger partial charge on any atom is -0.495 e. The van der Waals surface area contributed by atoms with Crippen molar-refractivity contribution in [2.45, 2.75) is 12.5 Å². The van der Waals surface area contributed by atoms with Gasteiger partial charge >= 0.3 is 0 Å². The number of aromatic nitrogens is 1. The van der Waals surface area contributed by atoms with Gasteiger partial charge in [-0.25, -0.2) is 0 Å². The number of aliphatic imine (C=N–C) groups is 1. The molecule has 0 spiro atoms. The summed E-state index contributed by atoms with van der Waals surface area (Å²) in [4.78, 5) is 16.7. The second-order valence-electron chi connectivity index (χ2n) is 8.28. The minimum atomic E-state index is -0.138. The van der Waals surface area contributed by atoms with E-state index in [9.17, 15) is 0 Å². The molecule has 1 aromatic carbocycles. The van der Waals surface area contributed by atoms with Gasteiger partial charge in [-0.05, 0) is 31.2 Å². The predicted octanol–water partition coefficient (Wildman–Crippen LogP) is 2.92. The van der Waals surface area contributed by atoms with E-state index in [0.29, 0.717) is 0 Å². The fourth-order valence-electron chi connectivity index (χ4n) is 4.50. The molecule has 6 heteroatoms. The highest BCUT2D eigenvalue weighted by Crippen LogP contribution is 2.30. The van der Waals surface area contributed by atoms with Gasteiger partial charge in [0.15, 0.2) is 0 Å². The number of pyridine rings is 1. The van der Waals surface area contributed by atoms with Crippen LogP contribution in [-0.4, -0.2) is 79.1 Å². The first-order chi connectivity index (χ1) is 14.6. The first kappa shape index (κ1) is 20.4. The van der Waals surface area contributed by atoms with Gasteiger partial charge in [0.25, 0.3) is 0 Å². The summed E-state index contributed by atoms with van der Waals surface area (Å²) in [6, 6.07) is 12.3. The molecule has 158 valence electrons. The maximum Gasteiger partial charge on any atom is 0.142 e. The largest absolute Gasteiger partial charge is 0.495 e. The van der Waals surface area contributed by atoms with E-state index in [-0.39, 0.29) is 5.54 Å². The van der Waals surface area contributed by atoms with Gasteiger partial charge in [0.2, 0.25) is 0 Å². The normalized spacial score (nSPS) is 22.1.